The molecule has 0 bridgehead atoms. The molecule has 1 saturated carbocycles. The van der Waals surface area contributed by atoms with Crippen LogP contribution in [0.2, 0.25) is 0 Å². The second-order valence-electron chi connectivity index (χ2n) is 5.16. The quantitative estimate of drug-likeness (QED) is 0.661. The fraction of sp³-hybridized carbons (Fsp3) is 1.00. The van der Waals surface area contributed by atoms with E-state index in [4.69, 9.17) is 4.74 Å². The molecule has 1 rings (SSSR count). The molecule has 1 aliphatic carbocycles. The molecule has 0 atom stereocenters. The highest BCUT2D eigenvalue weighted by molar-refractivity contribution is 4.81. The van der Waals surface area contributed by atoms with Crippen molar-refractivity contribution >= 4 is 0 Å². The normalized spacial score (nSPS) is 25.4. The van der Waals surface area contributed by atoms with Gasteiger partial charge in [-0.2, -0.15) is 0 Å². The zero-order valence-electron chi connectivity index (χ0n) is 11.9. The van der Waals surface area contributed by atoms with E-state index in [0.717, 1.165) is 44.8 Å². The van der Waals surface area contributed by atoms with Crippen molar-refractivity contribution in [2.45, 2.75) is 58.0 Å². The third-order valence-corrected chi connectivity index (χ3v) is 3.75. The minimum Gasteiger partial charge on any atom is -0.380 e. The van der Waals surface area contributed by atoms with Crippen LogP contribution in [0.5, 0.6) is 0 Å². The first-order valence-electron chi connectivity index (χ1n) is 7.29. The zero-order chi connectivity index (χ0) is 12.5. The Kier molecular flexibility index (Phi) is 7.82. The van der Waals surface area contributed by atoms with Crippen LogP contribution in [0.3, 0.4) is 0 Å². The fourth-order valence-corrected chi connectivity index (χ4v) is 2.65. The van der Waals surface area contributed by atoms with Gasteiger partial charge in [-0.05, 0) is 45.7 Å². The van der Waals surface area contributed by atoms with Gasteiger partial charge in [-0.3, -0.25) is 0 Å². The van der Waals surface area contributed by atoms with Gasteiger partial charge in [0.1, 0.15) is 0 Å². The SMILES string of the molecule is CCCOCCN(C)C1CCC(NCC)CC1. The van der Waals surface area contributed by atoms with Crippen LogP contribution in [-0.4, -0.2) is 50.3 Å². The molecule has 102 valence electrons. The molecule has 0 aromatic rings. The van der Waals surface area contributed by atoms with Crippen molar-refractivity contribution in [2.24, 2.45) is 0 Å². The van der Waals surface area contributed by atoms with Gasteiger partial charge in [0.05, 0.1) is 6.61 Å². The monoisotopic (exact) mass is 242 g/mol. The van der Waals surface area contributed by atoms with Crippen molar-refractivity contribution in [3.05, 3.63) is 0 Å². The minimum atomic E-state index is 0.765. The van der Waals surface area contributed by atoms with Crippen molar-refractivity contribution in [3.63, 3.8) is 0 Å². The predicted octanol–water partition coefficient (Wildman–Crippen LogP) is 2.27. The third-order valence-electron chi connectivity index (χ3n) is 3.75. The van der Waals surface area contributed by atoms with Gasteiger partial charge in [-0.15, -0.1) is 0 Å². The maximum atomic E-state index is 5.55. The summed E-state index contributed by atoms with van der Waals surface area (Å²) in [6, 6.07) is 1.54. The third kappa shape index (κ3) is 5.84. The van der Waals surface area contributed by atoms with E-state index in [0.29, 0.717) is 0 Å². The average Bonchev–Trinajstić information content (AvgIpc) is 2.36. The first-order valence-corrected chi connectivity index (χ1v) is 7.29. The molecule has 0 aliphatic heterocycles. The van der Waals surface area contributed by atoms with E-state index < -0.39 is 0 Å². The van der Waals surface area contributed by atoms with Gasteiger partial charge in [0, 0.05) is 25.2 Å². The Hall–Kier alpha value is -0.120. The van der Waals surface area contributed by atoms with Crippen LogP contribution in [0, 0.1) is 0 Å². The second-order valence-corrected chi connectivity index (χ2v) is 5.16. The van der Waals surface area contributed by atoms with E-state index >= 15 is 0 Å². The van der Waals surface area contributed by atoms with Crippen LogP contribution in [0.1, 0.15) is 46.0 Å². The van der Waals surface area contributed by atoms with E-state index in [1.165, 1.54) is 25.7 Å². The molecule has 0 unspecified atom stereocenters. The summed E-state index contributed by atoms with van der Waals surface area (Å²) in [6.07, 6.45) is 6.46. The standard InChI is InChI=1S/C14H30N2O/c1-4-11-17-12-10-16(3)14-8-6-13(7-9-14)15-5-2/h13-15H,4-12H2,1-3H3. The van der Waals surface area contributed by atoms with Gasteiger partial charge in [0.15, 0.2) is 0 Å². The first-order chi connectivity index (χ1) is 8.27. The molecule has 3 heteroatoms. The Bertz CT molecular complexity index is 179. The molecular formula is C14H30N2O. The number of nitrogens with zero attached hydrogens (tertiary/aromatic N) is 1. The molecule has 1 fully saturated rings. The maximum Gasteiger partial charge on any atom is 0.0593 e. The summed E-state index contributed by atoms with van der Waals surface area (Å²) in [5.74, 6) is 0. The summed E-state index contributed by atoms with van der Waals surface area (Å²) < 4.78 is 5.55. The summed E-state index contributed by atoms with van der Waals surface area (Å²) >= 11 is 0. The topological polar surface area (TPSA) is 24.5 Å². The Morgan fingerprint density at radius 2 is 1.82 bits per heavy atom. The van der Waals surface area contributed by atoms with E-state index in [-0.39, 0.29) is 0 Å². The Labute approximate surface area is 107 Å². The van der Waals surface area contributed by atoms with Crippen LogP contribution >= 0.6 is 0 Å². The molecule has 0 spiro atoms. The molecule has 17 heavy (non-hydrogen) atoms. The smallest absolute Gasteiger partial charge is 0.0593 e. The van der Waals surface area contributed by atoms with Crippen molar-refractivity contribution < 1.29 is 4.74 Å². The summed E-state index contributed by atoms with van der Waals surface area (Å²) in [5, 5.41) is 3.56. The van der Waals surface area contributed by atoms with Crippen LogP contribution in [-0.2, 0) is 4.74 Å². The zero-order valence-corrected chi connectivity index (χ0v) is 11.9. The van der Waals surface area contributed by atoms with Gasteiger partial charge in [0.2, 0.25) is 0 Å². The Morgan fingerprint density at radius 3 is 2.41 bits per heavy atom. The molecule has 0 aromatic heterocycles. The number of rotatable bonds is 8. The first kappa shape index (κ1) is 14.9. The van der Waals surface area contributed by atoms with Crippen LogP contribution in [0.25, 0.3) is 0 Å². The van der Waals surface area contributed by atoms with Gasteiger partial charge < -0.3 is 15.0 Å². The second kappa shape index (κ2) is 8.90. The lowest BCUT2D eigenvalue weighted by Gasteiger charge is -2.34. The fourth-order valence-electron chi connectivity index (χ4n) is 2.65. The number of hydrogen-bond acceptors (Lipinski definition) is 3. The van der Waals surface area contributed by atoms with Crippen LogP contribution < -0.4 is 5.32 Å². The van der Waals surface area contributed by atoms with E-state index in [1.807, 2.05) is 0 Å². The largest absolute Gasteiger partial charge is 0.380 e. The summed E-state index contributed by atoms with van der Waals surface area (Å²) in [4.78, 5) is 2.48. The molecule has 1 aliphatic rings. The average molecular weight is 242 g/mol. The highest BCUT2D eigenvalue weighted by Crippen LogP contribution is 2.22. The van der Waals surface area contributed by atoms with Crippen molar-refractivity contribution in [1.82, 2.24) is 10.2 Å². The highest BCUT2D eigenvalue weighted by atomic mass is 16.5. The molecule has 0 amide bonds. The number of likely N-dealkylation sites (N-methyl/N-ethyl adjacent to an activating group) is 1. The lowest BCUT2D eigenvalue weighted by atomic mass is 9.90. The van der Waals surface area contributed by atoms with E-state index in [9.17, 15) is 0 Å². The summed E-state index contributed by atoms with van der Waals surface area (Å²) in [5.41, 5.74) is 0. The van der Waals surface area contributed by atoms with Crippen molar-refractivity contribution in [3.8, 4) is 0 Å². The van der Waals surface area contributed by atoms with E-state index in [2.05, 4.69) is 31.1 Å². The lowest BCUT2D eigenvalue weighted by molar-refractivity contribution is 0.0874. The molecule has 0 saturated heterocycles. The van der Waals surface area contributed by atoms with Gasteiger partial charge in [0.25, 0.3) is 0 Å². The number of hydrogen-bond donors (Lipinski definition) is 1. The molecule has 0 heterocycles. The number of ether oxygens (including phenoxy) is 1. The van der Waals surface area contributed by atoms with Crippen molar-refractivity contribution in [1.29, 1.82) is 0 Å². The predicted molar refractivity (Wildman–Crippen MR) is 73.5 cm³/mol. The summed E-state index contributed by atoms with van der Waals surface area (Å²) in [7, 11) is 2.24. The molecule has 3 nitrogen and oxygen atoms in total. The van der Waals surface area contributed by atoms with E-state index in [1.54, 1.807) is 0 Å². The molecule has 1 N–H and O–H groups in total. The Balaban J connectivity index is 2.10. The maximum absolute atomic E-state index is 5.55. The molecule has 0 aromatic carbocycles. The summed E-state index contributed by atoms with van der Waals surface area (Å²) in [6.45, 7) is 8.33. The Morgan fingerprint density at radius 1 is 1.12 bits per heavy atom. The number of nitrogens with one attached hydrogen (secondary N) is 1. The van der Waals surface area contributed by atoms with Crippen molar-refractivity contribution in [2.75, 3.05) is 33.4 Å². The highest BCUT2D eigenvalue weighted by Gasteiger charge is 2.22. The lowest BCUT2D eigenvalue weighted by Crippen LogP contribution is -2.41. The van der Waals surface area contributed by atoms with Crippen LogP contribution in [0.15, 0.2) is 0 Å². The molecule has 0 radical (unpaired) electrons. The van der Waals surface area contributed by atoms with Gasteiger partial charge in [-0.25, -0.2) is 0 Å². The minimum absolute atomic E-state index is 0.765. The molecular weight excluding hydrogens is 212 g/mol. The van der Waals surface area contributed by atoms with Gasteiger partial charge in [-0.1, -0.05) is 13.8 Å². The van der Waals surface area contributed by atoms with Gasteiger partial charge >= 0.3 is 0 Å². The van der Waals surface area contributed by atoms with Crippen LogP contribution in [0.4, 0.5) is 0 Å².